The zero-order chi connectivity index (χ0) is 10.2. The first-order valence-electron chi connectivity index (χ1n) is 5.43. The van der Waals surface area contributed by atoms with Crippen LogP contribution >= 0.6 is 24.8 Å². The molecular formula is C10H24Cl2N2O2. The molecule has 2 N–H and O–H groups in total. The Morgan fingerprint density at radius 1 is 0.812 bits per heavy atom. The van der Waals surface area contributed by atoms with Crippen LogP contribution in [0.1, 0.15) is 13.8 Å². The monoisotopic (exact) mass is 274 g/mol. The second-order valence-corrected chi connectivity index (χ2v) is 3.77. The highest BCUT2D eigenvalue weighted by Gasteiger charge is 2.05. The summed E-state index contributed by atoms with van der Waals surface area (Å²) in [6.07, 6.45) is 0.850. The molecule has 2 saturated heterocycles. The van der Waals surface area contributed by atoms with Gasteiger partial charge in [-0.3, -0.25) is 0 Å². The van der Waals surface area contributed by atoms with Gasteiger partial charge in [0, 0.05) is 26.2 Å². The van der Waals surface area contributed by atoms with Crippen molar-refractivity contribution < 1.29 is 9.47 Å². The Labute approximate surface area is 111 Å². The maximum Gasteiger partial charge on any atom is 0.0672 e. The zero-order valence-corrected chi connectivity index (χ0v) is 11.7. The molecule has 2 aliphatic heterocycles. The van der Waals surface area contributed by atoms with E-state index in [4.69, 9.17) is 9.47 Å². The van der Waals surface area contributed by atoms with Crippen molar-refractivity contribution in [2.45, 2.75) is 26.1 Å². The minimum Gasteiger partial charge on any atom is -0.376 e. The van der Waals surface area contributed by atoms with Crippen LogP contribution in [0.15, 0.2) is 0 Å². The smallest absolute Gasteiger partial charge is 0.0672 e. The number of ether oxygens (including phenoxy) is 2. The minimum absolute atomic E-state index is 0. The fourth-order valence-corrected chi connectivity index (χ4v) is 1.39. The first kappa shape index (κ1) is 18.8. The first-order chi connectivity index (χ1) is 6.79. The Balaban J connectivity index is 0. The number of hydrogen-bond donors (Lipinski definition) is 2. The number of hydrogen-bond acceptors (Lipinski definition) is 4. The molecule has 0 spiro atoms. The fraction of sp³-hybridized carbons (Fsp3) is 1.00. The molecule has 4 nitrogen and oxygen atoms in total. The lowest BCUT2D eigenvalue weighted by Gasteiger charge is -2.18. The quantitative estimate of drug-likeness (QED) is 0.687. The van der Waals surface area contributed by atoms with Gasteiger partial charge in [-0.1, -0.05) is 0 Å². The van der Waals surface area contributed by atoms with Gasteiger partial charge in [-0.05, 0) is 13.8 Å². The molecule has 6 heteroatoms. The van der Waals surface area contributed by atoms with Crippen LogP contribution in [0.4, 0.5) is 0 Å². The molecule has 2 aliphatic rings. The molecule has 0 unspecified atom stereocenters. The van der Waals surface area contributed by atoms with Gasteiger partial charge in [0.1, 0.15) is 0 Å². The van der Waals surface area contributed by atoms with E-state index in [1.807, 2.05) is 0 Å². The lowest BCUT2D eigenvalue weighted by Crippen LogP contribution is -2.36. The predicted octanol–water partition coefficient (Wildman–Crippen LogP) is 0.833. The summed E-state index contributed by atoms with van der Waals surface area (Å²) in [7, 11) is 0. The standard InChI is InChI=1S/2C5H11NO.2ClH/c2*1-5-4-6-2-3-7-5;;/h2*5-6H,2-4H2,1H3;2*1H/t2*5-;;/m00../s1. The predicted molar refractivity (Wildman–Crippen MR) is 71.1 cm³/mol. The number of morpholine rings is 2. The third-order valence-corrected chi connectivity index (χ3v) is 2.23. The average molecular weight is 275 g/mol. The molecule has 0 aromatic carbocycles. The fourth-order valence-electron chi connectivity index (χ4n) is 1.39. The molecule has 2 heterocycles. The van der Waals surface area contributed by atoms with Crippen molar-refractivity contribution >= 4 is 24.8 Å². The van der Waals surface area contributed by atoms with E-state index in [2.05, 4.69) is 24.5 Å². The highest BCUT2D eigenvalue weighted by atomic mass is 35.5. The maximum atomic E-state index is 5.22. The zero-order valence-electron chi connectivity index (χ0n) is 10.0. The van der Waals surface area contributed by atoms with Gasteiger partial charge in [0.2, 0.25) is 0 Å². The van der Waals surface area contributed by atoms with Crippen molar-refractivity contribution in [1.82, 2.24) is 10.6 Å². The third-order valence-electron chi connectivity index (χ3n) is 2.23. The topological polar surface area (TPSA) is 42.5 Å². The van der Waals surface area contributed by atoms with Crippen LogP contribution in [0.2, 0.25) is 0 Å². The van der Waals surface area contributed by atoms with E-state index < -0.39 is 0 Å². The summed E-state index contributed by atoms with van der Waals surface area (Å²) < 4.78 is 10.4. The Morgan fingerprint density at radius 3 is 1.31 bits per heavy atom. The summed E-state index contributed by atoms with van der Waals surface area (Å²) in [5.41, 5.74) is 0. The highest BCUT2D eigenvalue weighted by molar-refractivity contribution is 5.85. The van der Waals surface area contributed by atoms with Gasteiger partial charge in [-0.25, -0.2) is 0 Å². The first-order valence-corrected chi connectivity index (χ1v) is 5.43. The van der Waals surface area contributed by atoms with Crippen LogP contribution in [0.25, 0.3) is 0 Å². The summed E-state index contributed by atoms with van der Waals surface area (Å²) >= 11 is 0. The van der Waals surface area contributed by atoms with Crippen LogP contribution in [0.3, 0.4) is 0 Å². The molecule has 100 valence electrons. The van der Waals surface area contributed by atoms with Gasteiger partial charge in [-0.2, -0.15) is 0 Å². The van der Waals surface area contributed by atoms with Crippen LogP contribution in [-0.2, 0) is 9.47 Å². The maximum absolute atomic E-state index is 5.22. The number of nitrogens with one attached hydrogen (secondary N) is 2. The summed E-state index contributed by atoms with van der Waals surface area (Å²) in [5.74, 6) is 0. The van der Waals surface area contributed by atoms with E-state index in [9.17, 15) is 0 Å². The molecule has 2 fully saturated rings. The van der Waals surface area contributed by atoms with E-state index in [-0.39, 0.29) is 24.8 Å². The van der Waals surface area contributed by atoms with Gasteiger partial charge < -0.3 is 20.1 Å². The van der Waals surface area contributed by atoms with E-state index in [1.165, 1.54) is 0 Å². The van der Waals surface area contributed by atoms with E-state index >= 15 is 0 Å². The molecule has 2 rings (SSSR count). The molecule has 0 radical (unpaired) electrons. The van der Waals surface area contributed by atoms with Crippen molar-refractivity contribution in [2.75, 3.05) is 39.4 Å². The van der Waals surface area contributed by atoms with Crippen LogP contribution in [0.5, 0.6) is 0 Å². The van der Waals surface area contributed by atoms with Crippen molar-refractivity contribution in [3.8, 4) is 0 Å². The number of rotatable bonds is 0. The molecule has 2 atom stereocenters. The molecular weight excluding hydrogens is 251 g/mol. The van der Waals surface area contributed by atoms with E-state index in [1.54, 1.807) is 0 Å². The van der Waals surface area contributed by atoms with Gasteiger partial charge >= 0.3 is 0 Å². The summed E-state index contributed by atoms with van der Waals surface area (Å²) in [4.78, 5) is 0. The molecule has 0 bridgehead atoms. The SMILES string of the molecule is C[C@H]1CNCCO1.C[C@H]1CNCCO1.Cl.Cl. The van der Waals surface area contributed by atoms with Gasteiger partial charge in [-0.15, -0.1) is 24.8 Å². The lowest BCUT2D eigenvalue weighted by atomic mass is 10.3. The summed E-state index contributed by atoms with van der Waals surface area (Å²) in [6, 6.07) is 0. The second kappa shape index (κ2) is 11.9. The van der Waals surface area contributed by atoms with E-state index in [0.29, 0.717) is 12.2 Å². The Kier molecular flexibility index (Phi) is 14.0. The molecule has 16 heavy (non-hydrogen) atoms. The van der Waals surface area contributed by atoms with E-state index in [0.717, 1.165) is 39.4 Å². The third kappa shape index (κ3) is 9.63. The van der Waals surface area contributed by atoms with Crippen molar-refractivity contribution in [1.29, 1.82) is 0 Å². The Morgan fingerprint density at radius 2 is 1.19 bits per heavy atom. The summed E-state index contributed by atoms with van der Waals surface area (Å²) in [5, 5.41) is 6.42. The molecule has 0 aliphatic carbocycles. The van der Waals surface area contributed by atoms with Gasteiger partial charge in [0.05, 0.1) is 25.4 Å². The number of halogens is 2. The van der Waals surface area contributed by atoms with Crippen LogP contribution in [0, 0.1) is 0 Å². The molecule has 0 aromatic heterocycles. The van der Waals surface area contributed by atoms with Crippen LogP contribution < -0.4 is 10.6 Å². The average Bonchev–Trinajstić information content (AvgIpc) is 2.21. The highest BCUT2D eigenvalue weighted by Crippen LogP contribution is 1.91. The normalized spacial score (nSPS) is 28.9. The van der Waals surface area contributed by atoms with Crippen molar-refractivity contribution in [2.24, 2.45) is 0 Å². The minimum atomic E-state index is 0. The van der Waals surface area contributed by atoms with Crippen molar-refractivity contribution in [3.63, 3.8) is 0 Å². The summed E-state index contributed by atoms with van der Waals surface area (Å²) in [6.45, 7) is 9.97. The van der Waals surface area contributed by atoms with Crippen LogP contribution in [-0.4, -0.2) is 51.6 Å². The molecule has 0 aromatic rings. The lowest BCUT2D eigenvalue weighted by molar-refractivity contribution is 0.0409. The van der Waals surface area contributed by atoms with Gasteiger partial charge in [0.15, 0.2) is 0 Å². The Bertz CT molecular complexity index is 125. The van der Waals surface area contributed by atoms with Gasteiger partial charge in [0.25, 0.3) is 0 Å². The van der Waals surface area contributed by atoms with Crippen molar-refractivity contribution in [3.05, 3.63) is 0 Å². The molecule has 0 saturated carbocycles. The Hall–Kier alpha value is 0.420. The largest absolute Gasteiger partial charge is 0.376 e. The second-order valence-electron chi connectivity index (χ2n) is 3.77. The molecule has 0 amide bonds.